The predicted molar refractivity (Wildman–Crippen MR) is 67.5 cm³/mol. The third kappa shape index (κ3) is 2.24. The maximum absolute atomic E-state index is 11.8. The Morgan fingerprint density at radius 2 is 2.35 bits per heavy atom. The van der Waals surface area contributed by atoms with Crippen LogP contribution >= 0.6 is 22.7 Å². The van der Waals surface area contributed by atoms with Crippen LogP contribution in [0.3, 0.4) is 0 Å². The summed E-state index contributed by atoms with van der Waals surface area (Å²) >= 11 is 3.12. The molecule has 3 rings (SSSR count). The van der Waals surface area contributed by atoms with Crippen molar-refractivity contribution >= 4 is 28.6 Å². The van der Waals surface area contributed by atoms with Gasteiger partial charge in [0.1, 0.15) is 10.7 Å². The van der Waals surface area contributed by atoms with E-state index in [0.29, 0.717) is 18.9 Å². The van der Waals surface area contributed by atoms with Crippen LogP contribution in [0.4, 0.5) is 0 Å². The molecule has 3 heterocycles. The van der Waals surface area contributed by atoms with Gasteiger partial charge in [0, 0.05) is 5.38 Å². The Kier molecular flexibility index (Phi) is 2.92. The van der Waals surface area contributed by atoms with Crippen molar-refractivity contribution in [2.75, 3.05) is 13.2 Å². The van der Waals surface area contributed by atoms with Crippen molar-refractivity contribution in [2.24, 2.45) is 0 Å². The number of aromatic nitrogens is 1. The number of nitrogens with zero attached hydrogens (tertiary/aromatic N) is 1. The van der Waals surface area contributed by atoms with Crippen molar-refractivity contribution in [3.8, 4) is 9.88 Å². The van der Waals surface area contributed by atoms with Crippen LogP contribution < -0.4 is 5.32 Å². The lowest BCUT2D eigenvalue weighted by atomic mass is 10.2. The molecule has 2 aromatic rings. The number of carbonyl (C=O) groups is 1. The minimum atomic E-state index is -0.114. The highest BCUT2D eigenvalue weighted by atomic mass is 32.1. The van der Waals surface area contributed by atoms with Gasteiger partial charge >= 0.3 is 0 Å². The molecular formula is C11H10N2O2S2. The molecule has 88 valence electrons. The molecule has 1 saturated heterocycles. The SMILES string of the molecule is O=C(NC1COC1)c1csc(-c2cccs2)n1. The Labute approximate surface area is 106 Å². The summed E-state index contributed by atoms with van der Waals surface area (Å²) in [5.41, 5.74) is 0.491. The van der Waals surface area contributed by atoms with E-state index in [1.165, 1.54) is 11.3 Å². The van der Waals surface area contributed by atoms with Crippen LogP contribution in [0.5, 0.6) is 0 Å². The standard InChI is InChI=1S/C11H10N2O2S2/c14-10(12-7-4-15-5-7)8-6-17-11(13-8)9-2-1-3-16-9/h1-3,6-7H,4-5H2,(H,12,14). The fraction of sp³-hybridized carbons (Fsp3) is 0.273. The first-order valence-electron chi connectivity index (χ1n) is 5.21. The van der Waals surface area contributed by atoms with E-state index in [4.69, 9.17) is 4.74 Å². The Hall–Kier alpha value is -1.24. The average Bonchev–Trinajstić information content (AvgIpc) is 2.91. The van der Waals surface area contributed by atoms with Gasteiger partial charge in [0.05, 0.1) is 24.1 Å². The summed E-state index contributed by atoms with van der Waals surface area (Å²) in [6, 6.07) is 4.13. The molecule has 0 spiro atoms. The summed E-state index contributed by atoms with van der Waals surface area (Å²) in [5, 5.41) is 7.57. The number of nitrogens with one attached hydrogen (secondary N) is 1. The predicted octanol–water partition coefficient (Wildman–Crippen LogP) is 2.00. The van der Waals surface area contributed by atoms with Crippen molar-refractivity contribution < 1.29 is 9.53 Å². The summed E-state index contributed by atoms with van der Waals surface area (Å²) in [4.78, 5) is 17.3. The average molecular weight is 266 g/mol. The second kappa shape index (κ2) is 4.56. The highest BCUT2D eigenvalue weighted by Crippen LogP contribution is 2.27. The highest BCUT2D eigenvalue weighted by Gasteiger charge is 2.22. The normalized spacial score (nSPS) is 15.5. The van der Waals surface area contributed by atoms with Crippen LogP contribution in [-0.2, 0) is 4.74 Å². The lowest BCUT2D eigenvalue weighted by molar-refractivity contribution is -0.00353. The molecule has 1 N–H and O–H groups in total. The van der Waals surface area contributed by atoms with Gasteiger partial charge in [-0.15, -0.1) is 22.7 Å². The molecule has 0 bridgehead atoms. The summed E-state index contributed by atoms with van der Waals surface area (Å²) < 4.78 is 5.00. The maximum atomic E-state index is 11.8. The van der Waals surface area contributed by atoms with E-state index in [2.05, 4.69) is 10.3 Å². The molecule has 0 saturated carbocycles. The van der Waals surface area contributed by atoms with Crippen LogP contribution in [0.15, 0.2) is 22.9 Å². The van der Waals surface area contributed by atoms with Crippen molar-refractivity contribution in [3.63, 3.8) is 0 Å². The molecule has 1 amide bonds. The second-order valence-electron chi connectivity index (χ2n) is 3.72. The zero-order chi connectivity index (χ0) is 11.7. The van der Waals surface area contributed by atoms with Gasteiger partial charge in [-0.05, 0) is 11.4 Å². The summed E-state index contributed by atoms with van der Waals surface area (Å²) in [5.74, 6) is -0.114. The minimum absolute atomic E-state index is 0.114. The Bertz CT molecular complexity index is 517. The maximum Gasteiger partial charge on any atom is 0.271 e. The molecule has 1 aliphatic heterocycles. The molecule has 1 aliphatic rings. The lowest BCUT2D eigenvalue weighted by Crippen LogP contribution is -2.48. The molecule has 6 heteroatoms. The number of ether oxygens (including phenoxy) is 1. The van der Waals surface area contributed by atoms with Crippen molar-refractivity contribution in [1.82, 2.24) is 10.3 Å². The highest BCUT2D eigenvalue weighted by molar-refractivity contribution is 7.20. The topological polar surface area (TPSA) is 51.2 Å². The zero-order valence-corrected chi connectivity index (χ0v) is 10.5. The van der Waals surface area contributed by atoms with E-state index in [-0.39, 0.29) is 11.9 Å². The third-order valence-corrected chi connectivity index (χ3v) is 4.32. The summed E-state index contributed by atoms with van der Waals surface area (Å²) in [6.45, 7) is 1.21. The van der Waals surface area contributed by atoms with Gasteiger partial charge in [0.25, 0.3) is 5.91 Å². The molecule has 1 fully saturated rings. The van der Waals surface area contributed by atoms with Crippen LogP contribution in [0.2, 0.25) is 0 Å². The monoisotopic (exact) mass is 266 g/mol. The van der Waals surface area contributed by atoms with E-state index in [9.17, 15) is 4.79 Å². The van der Waals surface area contributed by atoms with Gasteiger partial charge in [-0.2, -0.15) is 0 Å². The van der Waals surface area contributed by atoms with Gasteiger partial charge in [0.2, 0.25) is 0 Å². The van der Waals surface area contributed by atoms with Gasteiger partial charge in [0.15, 0.2) is 0 Å². The van der Waals surface area contributed by atoms with Gasteiger partial charge in [-0.1, -0.05) is 6.07 Å². The molecule has 0 atom stereocenters. The van der Waals surface area contributed by atoms with Crippen molar-refractivity contribution in [2.45, 2.75) is 6.04 Å². The number of thiazole rings is 1. The number of rotatable bonds is 3. The molecule has 0 radical (unpaired) electrons. The Morgan fingerprint density at radius 3 is 3.00 bits per heavy atom. The van der Waals surface area contributed by atoms with Crippen LogP contribution in [-0.4, -0.2) is 30.1 Å². The number of carbonyl (C=O) groups excluding carboxylic acids is 1. The second-order valence-corrected chi connectivity index (χ2v) is 5.53. The lowest BCUT2D eigenvalue weighted by Gasteiger charge is -2.26. The molecule has 4 nitrogen and oxygen atoms in total. The van der Waals surface area contributed by atoms with Gasteiger partial charge < -0.3 is 10.1 Å². The summed E-state index contributed by atoms with van der Waals surface area (Å²) in [7, 11) is 0. The van der Waals surface area contributed by atoms with E-state index in [1.807, 2.05) is 17.5 Å². The van der Waals surface area contributed by atoms with Crippen LogP contribution in [0.25, 0.3) is 9.88 Å². The van der Waals surface area contributed by atoms with E-state index in [1.54, 1.807) is 16.7 Å². The molecule has 2 aromatic heterocycles. The van der Waals surface area contributed by atoms with E-state index in [0.717, 1.165) is 9.88 Å². The van der Waals surface area contributed by atoms with Gasteiger partial charge in [-0.3, -0.25) is 4.79 Å². The van der Waals surface area contributed by atoms with E-state index >= 15 is 0 Å². The third-order valence-electron chi connectivity index (χ3n) is 2.44. The first-order chi connectivity index (χ1) is 8.33. The molecule has 17 heavy (non-hydrogen) atoms. The fourth-order valence-corrected chi connectivity index (χ4v) is 3.08. The van der Waals surface area contributed by atoms with Gasteiger partial charge in [-0.25, -0.2) is 4.98 Å². The smallest absolute Gasteiger partial charge is 0.271 e. The zero-order valence-electron chi connectivity index (χ0n) is 8.88. The number of hydrogen-bond acceptors (Lipinski definition) is 5. The van der Waals surface area contributed by atoms with Crippen molar-refractivity contribution in [3.05, 3.63) is 28.6 Å². The Balaban J connectivity index is 1.73. The number of thiophene rings is 1. The van der Waals surface area contributed by atoms with Crippen LogP contribution in [0.1, 0.15) is 10.5 Å². The Morgan fingerprint density at radius 1 is 1.47 bits per heavy atom. The summed E-state index contributed by atoms with van der Waals surface area (Å²) in [6.07, 6.45) is 0. The quantitative estimate of drug-likeness (QED) is 0.924. The van der Waals surface area contributed by atoms with Crippen LogP contribution in [0, 0.1) is 0 Å². The largest absolute Gasteiger partial charge is 0.377 e. The minimum Gasteiger partial charge on any atom is -0.377 e. The molecule has 0 aromatic carbocycles. The molecule has 0 aliphatic carbocycles. The molecular weight excluding hydrogens is 256 g/mol. The first-order valence-corrected chi connectivity index (χ1v) is 6.97. The van der Waals surface area contributed by atoms with Crippen molar-refractivity contribution in [1.29, 1.82) is 0 Å². The molecule has 0 unspecified atom stereocenters. The number of hydrogen-bond donors (Lipinski definition) is 1. The fourth-order valence-electron chi connectivity index (χ4n) is 1.47. The number of amides is 1. The van der Waals surface area contributed by atoms with E-state index < -0.39 is 0 Å². The first kappa shape index (κ1) is 10.9.